The highest BCUT2D eigenvalue weighted by Gasteiger charge is 2.49. The molecular formula is C13H23FO9. The zero-order chi connectivity index (χ0) is 17.3. The summed E-state index contributed by atoms with van der Waals surface area (Å²) in [5.41, 5.74) is 0. The summed E-state index contributed by atoms with van der Waals surface area (Å²) in [6, 6.07) is 0. The molecule has 0 amide bonds. The standard InChI is InChI=1S/C13H23FO9/c14-13-12(21)8(17)4(6(2-15)23-13)1-5-9(18)11(20)10(19)7(3-16)22-5/h4-13,15-21H,1-3H2/t4-,5-,6?,7?,8-,9?,10-,11+,12?,13+/m0/s1. The smallest absolute Gasteiger partial charge is 0.228 e. The van der Waals surface area contributed by atoms with Crippen molar-refractivity contribution in [3.05, 3.63) is 0 Å². The molecule has 0 bridgehead atoms. The van der Waals surface area contributed by atoms with Crippen molar-refractivity contribution < 1.29 is 49.6 Å². The summed E-state index contributed by atoms with van der Waals surface area (Å²) in [5.74, 6) is -0.983. The largest absolute Gasteiger partial charge is 0.394 e. The van der Waals surface area contributed by atoms with Gasteiger partial charge in [0.25, 0.3) is 0 Å². The van der Waals surface area contributed by atoms with Crippen LogP contribution in [0, 0.1) is 5.92 Å². The van der Waals surface area contributed by atoms with Crippen LogP contribution in [0.1, 0.15) is 6.42 Å². The molecule has 10 heteroatoms. The van der Waals surface area contributed by atoms with E-state index in [2.05, 4.69) is 0 Å². The lowest BCUT2D eigenvalue weighted by Crippen LogP contribution is -2.61. The van der Waals surface area contributed by atoms with Crippen LogP contribution in [0.25, 0.3) is 0 Å². The molecule has 0 aromatic rings. The Morgan fingerprint density at radius 2 is 1.22 bits per heavy atom. The van der Waals surface area contributed by atoms with Gasteiger partial charge in [-0.3, -0.25) is 0 Å². The van der Waals surface area contributed by atoms with Gasteiger partial charge >= 0.3 is 0 Å². The predicted molar refractivity (Wildman–Crippen MR) is 70.7 cm³/mol. The Morgan fingerprint density at radius 1 is 0.652 bits per heavy atom. The number of aliphatic hydroxyl groups is 7. The number of ether oxygens (including phenoxy) is 2. The van der Waals surface area contributed by atoms with E-state index in [1.54, 1.807) is 0 Å². The molecule has 2 fully saturated rings. The van der Waals surface area contributed by atoms with Crippen molar-refractivity contribution in [1.29, 1.82) is 0 Å². The average Bonchev–Trinajstić information content (AvgIpc) is 2.55. The fourth-order valence-corrected chi connectivity index (χ4v) is 3.09. The third kappa shape index (κ3) is 3.65. The van der Waals surface area contributed by atoms with E-state index in [0.29, 0.717) is 0 Å². The molecule has 4 unspecified atom stereocenters. The Balaban J connectivity index is 2.11. The van der Waals surface area contributed by atoms with Gasteiger partial charge in [0.1, 0.15) is 30.5 Å². The van der Waals surface area contributed by atoms with E-state index in [0.717, 1.165) is 0 Å². The van der Waals surface area contributed by atoms with Crippen molar-refractivity contribution in [3.63, 3.8) is 0 Å². The van der Waals surface area contributed by atoms with Crippen LogP contribution in [0.15, 0.2) is 0 Å². The second-order valence-electron chi connectivity index (χ2n) is 5.96. The van der Waals surface area contributed by atoms with Crippen molar-refractivity contribution in [2.75, 3.05) is 13.2 Å². The maximum Gasteiger partial charge on any atom is 0.228 e. The van der Waals surface area contributed by atoms with Gasteiger partial charge in [0, 0.05) is 5.92 Å². The first-order chi connectivity index (χ1) is 10.8. The molecule has 2 heterocycles. The van der Waals surface area contributed by atoms with Crippen LogP contribution in [0.3, 0.4) is 0 Å². The molecule has 7 N–H and O–H groups in total. The van der Waals surface area contributed by atoms with E-state index in [9.17, 15) is 35.0 Å². The van der Waals surface area contributed by atoms with Crippen molar-refractivity contribution in [2.45, 2.75) is 61.6 Å². The van der Waals surface area contributed by atoms with E-state index in [4.69, 9.17) is 14.6 Å². The van der Waals surface area contributed by atoms with Crippen LogP contribution in [0.4, 0.5) is 4.39 Å². The monoisotopic (exact) mass is 342 g/mol. The second kappa shape index (κ2) is 7.64. The summed E-state index contributed by atoms with van der Waals surface area (Å²) in [7, 11) is 0. The first kappa shape index (κ1) is 18.9. The number of aliphatic hydroxyl groups excluding tert-OH is 7. The highest BCUT2D eigenvalue weighted by molar-refractivity contribution is 4.96. The van der Waals surface area contributed by atoms with Crippen LogP contribution >= 0.6 is 0 Å². The molecule has 0 aromatic heterocycles. The number of hydrogen-bond donors (Lipinski definition) is 7. The third-order valence-corrected chi connectivity index (χ3v) is 4.52. The molecule has 2 aliphatic heterocycles. The number of alkyl halides is 1. The van der Waals surface area contributed by atoms with Gasteiger partial charge in [-0.1, -0.05) is 0 Å². The van der Waals surface area contributed by atoms with Gasteiger partial charge in [0.05, 0.1) is 31.5 Å². The first-order valence-electron chi connectivity index (χ1n) is 7.38. The number of hydrogen-bond acceptors (Lipinski definition) is 9. The van der Waals surface area contributed by atoms with Gasteiger partial charge in [0.2, 0.25) is 6.36 Å². The molecule has 0 spiro atoms. The quantitative estimate of drug-likeness (QED) is 0.272. The van der Waals surface area contributed by atoms with E-state index in [1.165, 1.54) is 0 Å². The van der Waals surface area contributed by atoms with E-state index in [-0.39, 0.29) is 6.42 Å². The maximum atomic E-state index is 13.4. The minimum absolute atomic E-state index is 0.197. The van der Waals surface area contributed by atoms with Crippen LogP contribution in [0.5, 0.6) is 0 Å². The Bertz CT molecular complexity index is 382. The molecule has 2 saturated heterocycles. The minimum Gasteiger partial charge on any atom is -0.394 e. The molecule has 0 aromatic carbocycles. The van der Waals surface area contributed by atoms with Gasteiger partial charge in [0.15, 0.2) is 0 Å². The van der Waals surface area contributed by atoms with Crippen LogP contribution in [-0.4, -0.2) is 104 Å². The van der Waals surface area contributed by atoms with Crippen molar-refractivity contribution in [1.82, 2.24) is 0 Å². The first-order valence-corrected chi connectivity index (χ1v) is 7.38. The molecule has 23 heavy (non-hydrogen) atoms. The Morgan fingerprint density at radius 3 is 1.78 bits per heavy atom. The Kier molecular flexibility index (Phi) is 6.28. The molecule has 9 nitrogen and oxygen atoms in total. The lowest BCUT2D eigenvalue weighted by atomic mass is 9.81. The normalized spacial score (nSPS) is 51.7. The number of halogens is 1. The molecule has 2 aliphatic rings. The summed E-state index contributed by atoms with van der Waals surface area (Å²) in [6.45, 7) is -1.24. The van der Waals surface area contributed by atoms with Crippen molar-refractivity contribution >= 4 is 0 Å². The SMILES string of the molecule is OCC1O[C@@H](C[C@H]2C(CO)O[C@@H](F)C(O)[C@H]2O)C(O)[C@@H](O)[C@H]1O. The molecule has 136 valence electrons. The average molecular weight is 342 g/mol. The van der Waals surface area contributed by atoms with Gasteiger partial charge in [-0.05, 0) is 6.42 Å². The lowest BCUT2D eigenvalue weighted by Gasteiger charge is -2.45. The molecule has 0 saturated carbocycles. The van der Waals surface area contributed by atoms with Gasteiger partial charge in [-0.25, -0.2) is 4.39 Å². The Labute approximate surface area is 131 Å². The van der Waals surface area contributed by atoms with Gasteiger partial charge in [-0.15, -0.1) is 0 Å². The molecule has 0 radical (unpaired) electrons. The van der Waals surface area contributed by atoms with Crippen molar-refractivity contribution in [3.8, 4) is 0 Å². The van der Waals surface area contributed by atoms with Crippen LogP contribution < -0.4 is 0 Å². The molecule has 0 aliphatic carbocycles. The van der Waals surface area contributed by atoms with E-state index < -0.39 is 74.3 Å². The lowest BCUT2D eigenvalue weighted by molar-refractivity contribution is -0.267. The summed E-state index contributed by atoms with van der Waals surface area (Å²) in [5, 5.41) is 67.4. The summed E-state index contributed by atoms with van der Waals surface area (Å²) < 4.78 is 23.5. The minimum atomic E-state index is -2.16. The van der Waals surface area contributed by atoms with E-state index >= 15 is 0 Å². The van der Waals surface area contributed by atoms with Gasteiger partial charge < -0.3 is 45.2 Å². The fourth-order valence-electron chi connectivity index (χ4n) is 3.09. The Hall–Kier alpha value is -0.430. The molecule has 2 rings (SSSR count). The van der Waals surface area contributed by atoms with Gasteiger partial charge in [-0.2, -0.15) is 0 Å². The maximum absolute atomic E-state index is 13.4. The zero-order valence-corrected chi connectivity index (χ0v) is 12.2. The van der Waals surface area contributed by atoms with Crippen molar-refractivity contribution in [2.24, 2.45) is 5.92 Å². The third-order valence-electron chi connectivity index (χ3n) is 4.52. The van der Waals surface area contributed by atoms with Crippen LogP contribution in [-0.2, 0) is 9.47 Å². The molecular weight excluding hydrogens is 319 g/mol. The number of rotatable bonds is 4. The second-order valence-corrected chi connectivity index (χ2v) is 5.96. The summed E-state index contributed by atoms with van der Waals surface area (Å²) >= 11 is 0. The molecule has 10 atom stereocenters. The summed E-state index contributed by atoms with van der Waals surface area (Å²) in [6.07, 6.45) is -13.8. The predicted octanol–water partition coefficient (Wildman–Crippen LogP) is -3.76. The highest BCUT2D eigenvalue weighted by Crippen LogP contribution is 2.33. The zero-order valence-electron chi connectivity index (χ0n) is 12.2. The highest BCUT2D eigenvalue weighted by atomic mass is 19.1. The fraction of sp³-hybridized carbons (Fsp3) is 1.00. The summed E-state index contributed by atoms with van der Waals surface area (Å²) in [4.78, 5) is 0. The van der Waals surface area contributed by atoms with E-state index in [1.807, 2.05) is 0 Å². The van der Waals surface area contributed by atoms with Crippen LogP contribution in [0.2, 0.25) is 0 Å². The topological polar surface area (TPSA) is 160 Å².